The van der Waals surface area contributed by atoms with Gasteiger partial charge in [0.25, 0.3) is 0 Å². The van der Waals surface area contributed by atoms with Crippen LogP contribution >= 0.6 is 0 Å². The summed E-state index contributed by atoms with van der Waals surface area (Å²) in [6.07, 6.45) is 6.12. The van der Waals surface area contributed by atoms with Gasteiger partial charge >= 0.3 is 0 Å². The molecule has 0 spiro atoms. The molecule has 0 amide bonds. The molecule has 17 heavy (non-hydrogen) atoms. The highest BCUT2D eigenvalue weighted by molar-refractivity contribution is 5.27. The minimum absolute atomic E-state index is 0.0443. The van der Waals surface area contributed by atoms with Crippen LogP contribution in [0, 0.1) is 18.2 Å². The number of nitrogens with two attached hydrogens (primary N) is 1. The molecule has 1 fully saturated rings. The van der Waals surface area contributed by atoms with Crippen LogP contribution in [0.2, 0.25) is 0 Å². The maximum Gasteiger partial charge on any atom is 0.123 e. The van der Waals surface area contributed by atoms with E-state index in [9.17, 15) is 4.39 Å². The molecule has 1 aliphatic carbocycles. The molecule has 0 heterocycles. The summed E-state index contributed by atoms with van der Waals surface area (Å²) in [5, 5.41) is 0. The smallest absolute Gasteiger partial charge is 0.123 e. The molecule has 0 aromatic heterocycles. The highest BCUT2D eigenvalue weighted by Crippen LogP contribution is 2.44. The van der Waals surface area contributed by atoms with E-state index in [1.807, 2.05) is 13.0 Å². The van der Waals surface area contributed by atoms with Gasteiger partial charge in [-0.25, -0.2) is 4.39 Å². The quantitative estimate of drug-likeness (QED) is 0.820. The van der Waals surface area contributed by atoms with E-state index in [1.54, 1.807) is 12.1 Å². The van der Waals surface area contributed by atoms with Crippen LogP contribution in [0.4, 0.5) is 4.39 Å². The lowest BCUT2D eigenvalue weighted by Gasteiger charge is -2.39. The van der Waals surface area contributed by atoms with Crippen molar-refractivity contribution in [2.24, 2.45) is 11.1 Å². The van der Waals surface area contributed by atoms with Crippen molar-refractivity contribution in [3.8, 4) is 0 Å². The van der Waals surface area contributed by atoms with Crippen LogP contribution in [0.5, 0.6) is 0 Å². The van der Waals surface area contributed by atoms with Crippen molar-refractivity contribution in [2.75, 3.05) is 0 Å². The van der Waals surface area contributed by atoms with Gasteiger partial charge in [-0.05, 0) is 48.4 Å². The summed E-state index contributed by atoms with van der Waals surface area (Å²) < 4.78 is 13.4. The van der Waals surface area contributed by atoms with Crippen molar-refractivity contribution in [1.82, 2.24) is 0 Å². The molecule has 94 valence electrons. The molecule has 1 nitrogen and oxygen atoms in total. The van der Waals surface area contributed by atoms with Crippen LogP contribution in [0.3, 0.4) is 0 Å². The zero-order chi connectivity index (χ0) is 12.5. The summed E-state index contributed by atoms with van der Waals surface area (Å²) in [6, 6.07) is 5.13. The molecule has 1 aromatic rings. The van der Waals surface area contributed by atoms with Crippen LogP contribution < -0.4 is 5.73 Å². The Labute approximate surface area is 103 Å². The molecule has 1 aromatic carbocycles. The third kappa shape index (κ3) is 2.68. The Kier molecular flexibility index (Phi) is 3.53. The van der Waals surface area contributed by atoms with Crippen molar-refractivity contribution in [1.29, 1.82) is 0 Å². The highest BCUT2D eigenvalue weighted by atomic mass is 19.1. The van der Waals surface area contributed by atoms with Gasteiger partial charge in [0.2, 0.25) is 0 Å². The van der Waals surface area contributed by atoms with Gasteiger partial charge in [0.15, 0.2) is 0 Å². The van der Waals surface area contributed by atoms with Crippen LogP contribution in [-0.2, 0) is 0 Å². The van der Waals surface area contributed by atoms with E-state index in [0.717, 1.165) is 24.0 Å². The summed E-state index contributed by atoms with van der Waals surface area (Å²) in [5.74, 6) is -0.171. The zero-order valence-corrected chi connectivity index (χ0v) is 10.8. The largest absolute Gasteiger partial charge is 0.323 e. The zero-order valence-electron chi connectivity index (χ0n) is 10.8. The lowest BCUT2D eigenvalue weighted by molar-refractivity contribution is 0.170. The van der Waals surface area contributed by atoms with Gasteiger partial charge in [-0.3, -0.25) is 0 Å². The van der Waals surface area contributed by atoms with Gasteiger partial charge in [0.05, 0.1) is 0 Å². The molecule has 1 saturated carbocycles. The van der Waals surface area contributed by atoms with Crippen LogP contribution in [0.1, 0.15) is 56.2 Å². The van der Waals surface area contributed by atoms with Crippen LogP contribution in [0.25, 0.3) is 0 Å². The number of hydrogen-bond acceptors (Lipinski definition) is 1. The van der Waals surface area contributed by atoms with Gasteiger partial charge in [-0.2, -0.15) is 0 Å². The monoisotopic (exact) mass is 235 g/mol. The van der Waals surface area contributed by atoms with Crippen molar-refractivity contribution in [3.63, 3.8) is 0 Å². The molecular weight excluding hydrogens is 213 g/mol. The van der Waals surface area contributed by atoms with Crippen LogP contribution in [0.15, 0.2) is 18.2 Å². The van der Waals surface area contributed by atoms with Gasteiger partial charge in [0, 0.05) is 6.04 Å². The highest BCUT2D eigenvalue weighted by Gasteiger charge is 2.34. The normalized spacial score (nSPS) is 21.2. The number of hydrogen-bond donors (Lipinski definition) is 1. The van der Waals surface area contributed by atoms with Gasteiger partial charge in [0.1, 0.15) is 5.82 Å². The number of rotatable bonds is 2. The Morgan fingerprint density at radius 3 is 2.41 bits per heavy atom. The van der Waals surface area contributed by atoms with Gasteiger partial charge in [-0.15, -0.1) is 0 Å². The molecule has 2 heteroatoms. The molecule has 2 rings (SSSR count). The summed E-state index contributed by atoms with van der Waals surface area (Å²) in [4.78, 5) is 0. The van der Waals surface area contributed by atoms with Gasteiger partial charge in [-0.1, -0.05) is 32.3 Å². The fraction of sp³-hybridized carbons (Fsp3) is 0.600. The summed E-state index contributed by atoms with van der Waals surface area (Å²) in [6.45, 7) is 4.17. The third-order valence-electron chi connectivity index (χ3n) is 4.17. The first-order chi connectivity index (χ1) is 8.01. The number of benzene rings is 1. The first-order valence-corrected chi connectivity index (χ1v) is 6.54. The second kappa shape index (κ2) is 4.77. The van der Waals surface area contributed by atoms with E-state index in [1.165, 1.54) is 19.3 Å². The topological polar surface area (TPSA) is 26.0 Å². The predicted octanol–water partition coefficient (Wildman–Crippen LogP) is 4.10. The lowest BCUT2D eigenvalue weighted by Crippen LogP contribution is -2.34. The lowest BCUT2D eigenvalue weighted by atomic mass is 9.69. The molecule has 0 aliphatic heterocycles. The second-order valence-corrected chi connectivity index (χ2v) is 5.75. The SMILES string of the molecule is Cc1cc(F)cc(C(N)C2(C)CCCCC2)c1. The van der Waals surface area contributed by atoms with Crippen molar-refractivity contribution in [3.05, 3.63) is 35.1 Å². The number of aryl methyl sites for hydroxylation is 1. The standard InChI is InChI=1S/C15H22FN/c1-11-8-12(10-13(16)9-11)14(17)15(2)6-4-3-5-7-15/h8-10,14H,3-7,17H2,1-2H3. The Bertz CT molecular complexity index is 374. The van der Waals surface area contributed by atoms with E-state index < -0.39 is 0 Å². The molecule has 0 bridgehead atoms. The predicted molar refractivity (Wildman–Crippen MR) is 69.3 cm³/mol. The molecule has 0 saturated heterocycles. The van der Waals surface area contributed by atoms with Crippen molar-refractivity contribution in [2.45, 2.75) is 52.0 Å². The van der Waals surface area contributed by atoms with E-state index in [-0.39, 0.29) is 17.3 Å². The van der Waals surface area contributed by atoms with E-state index in [2.05, 4.69) is 6.92 Å². The first-order valence-electron chi connectivity index (χ1n) is 6.54. The number of halogens is 1. The molecule has 0 radical (unpaired) electrons. The molecule has 2 N–H and O–H groups in total. The molecular formula is C15H22FN. The average Bonchev–Trinajstić information content (AvgIpc) is 2.27. The second-order valence-electron chi connectivity index (χ2n) is 5.75. The Balaban J connectivity index is 2.26. The van der Waals surface area contributed by atoms with Gasteiger partial charge < -0.3 is 5.73 Å². The Hall–Kier alpha value is -0.890. The fourth-order valence-electron chi connectivity index (χ4n) is 3.02. The third-order valence-corrected chi connectivity index (χ3v) is 4.17. The molecule has 1 atom stereocenters. The molecule has 1 unspecified atom stereocenters. The van der Waals surface area contributed by atoms with E-state index >= 15 is 0 Å². The summed E-state index contributed by atoms with van der Waals surface area (Å²) >= 11 is 0. The average molecular weight is 235 g/mol. The fourth-order valence-corrected chi connectivity index (χ4v) is 3.02. The molecule has 1 aliphatic rings. The summed E-state index contributed by atoms with van der Waals surface area (Å²) in [5.41, 5.74) is 8.42. The minimum atomic E-state index is -0.171. The Morgan fingerprint density at radius 1 is 1.18 bits per heavy atom. The van der Waals surface area contributed by atoms with Crippen LogP contribution in [-0.4, -0.2) is 0 Å². The minimum Gasteiger partial charge on any atom is -0.323 e. The van der Waals surface area contributed by atoms with E-state index in [4.69, 9.17) is 5.73 Å². The Morgan fingerprint density at radius 2 is 1.82 bits per heavy atom. The van der Waals surface area contributed by atoms with E-state index in [0.29, 0.717) is 0 Å². The maximum atomic E-state index is 13.4. The summed E-state index contributed by atoms with van der Waals surface area (Å²) in [7, 11) is 0. The first kappa shape index (κ1) is 12.6. The van der Waals surface area contributed by atoms with Crippen molar-refractivity contribution < 1.29 is 4.39 Å². The van der Waals surface area contributed by atoms with Crippen molar-refractivity contribution >= 4 is 0 Å². The maximum absolute atomic E-state index is 13.4.